The summed E-state index contributed by atoms with van der Waals surface area (Å²) < 4.78 is 0. The van der Waals surface area contributed by atoms with Gasteiger partial charge in [0.2, 0.25) is 0 Å². The Labute approximate surface area is 143 Å². The number of carbonyl (C=O) groups is 3. The van der Waals surface area contributed by atoms with Crippen molar-refractivity contribution < 1.29 is 14.4 Å². The molecule has 1 saturated heterocycles. The van der Waals surface area contributed by atoms with E-state index in [0.29, 0.717) is 10.6 Å². The van der Waals surface area contributed by atoms with Crippen molar-refractivity contribution in [1.82, 2.24) is 10.4 Å². The summed E-state index contributed by atoms with van der Waals surface area (Å²) in [4.78, 5) is 37.8. The van der Waals surface area contributed by atoms with Gasteiger partial charge in [-0.3, -0.25) is 19.8 Å². The minimum Gasteiger partial charge on any atom is -0.272 e. The SMILES string of the molecule is O=C(NN1C(=O)[C@@H]2[C@@H](C1=O)[C@@H]1C=C[C@H]2C12CC2)c1ccc(Cl)cc1. The Hall–Kier alpha value is -2.14. The lowest BCUT2D eigenvalue weighted by molar-refractivity contribution is -0.144. The molecule has 3 aliphatic carbocycles. The van der Waals surface area contributed by atoms with Crippen LogP contribution in [0, 0.1) is 29.1 Å². The van der Waals surface area contributed by atoms with Gasteiger partial charge in [-0.2, -0.15) is 5.01 Å². The third kappa shape index (κ3) is 1.63. The van der Waals surface area contributed by atoms with Gasteiger partial charge in [0.1, 0.15) is 0 Å². The second-order valence-electron chi connectivity index (χ2n) is 7.18. The molecule has 2 saturated carbocycles. The molecule has 1 N–H and O–H groups in total. The van der Waals surface area contributed by atoms with Crippen molar-refractivity contribution in [1.29, 1.82) is 0 Å². The molecule has 4 aliphatic rings. The van der Waals surface area contributed by atoms with Gasteiger partial charge in [-0.1, -0.05) is 23.8 Å². The average molecular weight is 343 g/mol. The number of imide groups is 1. The standard InChI is InChI=1S/C18H15ClN2O3/c19-10-3-1-9(2-4-10)15(22)20-21-16(23)13-11-5-6-12(14(13)17(21)24)18(11)7-8-18/h1-6,11-14H,7-8H2,(H,20,22)/t11-,12+,13-,14-/m0/s1. The first kappa shape index (κ1) is 14.2. The highest BCUT2D eigenvalue weighted by molar-refractivity contribution is 6.30. The Kier molecular flexibility index (Phi) is 2.65. The van der Waals surface area contributed by atoms with Crippen molar-refractivity contribution in [2.24, 2.45) is 29.1 Å². The number of amides is 3. The van der Waals surface area contributed by atoms with Gasteiger partial charge < -0.3 is 0 Å². The number of fused-ring (bicyclic) bond motifs is 3. The maximum absolute atomic E-state index is 12.8. The molecule has 0 aromatic heterocycles. The number of benzene rings is 1. The molecule has 1 aromatic rings. The molecule has 3 fully saturated rings. The predicted molar refractivity (Wildman–Crippen MR) is 85.5 cm³/mol. The first-order chi connectivity index (χ1) is 11.5. The molecule has 1 heterocycles. The molecule has 0 radical (unpaired) electrons. The Morgan fingerprint density at radius 2 is 1.58 bits per heavy atom. The molecule has 5 nitrogen and oxygen atoms in total. The lowest BCUT2D eigenvalue weighted by Crippen LogP contribution is -2.47. The van der Waals surface area contributed by atoms with Crippen LogP contribution in [0.1, 0.15) is 23.2 Å². The molecule has 6 heteroatoms. The highest BCUT2D eigenvalue weighted by atomic mass is 35.5. The first-order valence-corrected chi connectivity index (χ1v) is 8.53. The molecule has 1 aromatic carbocycles. The zero-order valence-electron chi connectivity index (χ0n) is 12.7. The van der Waals surface area contributed by atoms with Gasteiger partial charge in [0.05, 0.1) is 11.8 Å². The predicted octanol–water partition coefficient (Wildman–Crippen LogP) is 2.18. The smallest absolute Gasteiger partial charge is 0.270 e. The molecule has 0 unspecified atom stereocenters. The summed E-state index contributed by atoms with van der Waals surface area (Å²) in [6.07, 6.45) is 6.41. The van der Waals surface area contributed by atoms with Gasteiger partial charge in [-0.05, 0) is 54.4 Å². The van der Waals surface area contributed by atoms with Gasteiger partial charge in [0.25, 0.3) is 17.7 Å². The fourth-order valence-electron chi connectivity index (χ4n) is 4.96. The number of hydrazine groups is 1. The molecule has 2 bridgehead atoms. The van der Waals surface area contributed by atoms with E-state index in [1.54, 1.807) is 24.3 Å². The van der Waals surface area contributed by atoms with Crippen molar-refractivity contribution in [3.05, 3.63) is 47.0 Å². The minimum absolute atomic E-state index is 0.154. The van der Waals surface area contributed by atoms with Crippen LogP contribution in [0.4, 0.5) is 0 Å². The summed E-state index contributed by atoms with van der Waals surface area (Å²) in [5, 5.41) is 1.46. The minimum atomic E-state index is -0.477. The molecule has 1 spiro atoms. The number of hydrogen-bond acceptors (Lipinski definition) is 3. The summed E-state index contributed by atoms with van der Waals surface area (Å²) in [6, 6.07) is 6.32. The van der Waals surface area contributed by atoms with Crippen LogP contribution in [-0.4, -0.2) is 22.7 Å². The molecular weight excluding hydrogens is 328 g/mol. The summed E-state index contributed by atoms with van der Waals surface area (Å²) >= 11 is 5.81. The maximum Gasteiger partial charge on any atom is 0.270 e. The number of halogens is 1. The summed E-state index contributed by atoms with van der Waals surface area (Å²) in [7, 11) is 0. The molecule has 5 rings (SSSR count). The van der Waals surface area contributed by atoms with Crippen molar-refractivity contribution in [2.45, 2.75) is 12.8 Å². The van der Waals surface area contributed by atoms with Gasteiger partial charge in [-0.15, -0.1) is 0 Å². The highest BCUT2D eigenvalue weighted by Crippen LogP contribution is 2.73. The number of nitrogens with zero attached hydrogens (tertiary/aromatic N) is 1. The van der Waals surface area contributed by atoms with Crippen molar-refractivity contribution in [2.75, 3.05) is 0 Å². The van der Waals surface area contributed by atoms with Crippen LogP contribution in [0.15, 0.2) is 36.4 Å². The van der Waals surface area contributed by atoms with Crippen LogP contribution in [0.25, 0.3) is 0 Å². The zero-order valence-corrected chi connectivity index (χ0v) is 13.5. The van der Waals surface area contributed by atoms with Crippen LogP contribution < -0.4 is 5.43 Å². The van der Waals surface area contributed by atoms with E-state index < -0.39 is 5.91 Å². The summed E-state index contributed by atoms with van der Waals surface area (Å²) in [6.45, 7) is 0. The molecular formula is C18H15ClN2O3. The Balaban J connectivity index is 1.39. The van der Waals surface area contributed by atoms with Crippen molar-refractivity contribution in [3.63, 3.8) is 0 Å². The number of rotatable bonds is 2. The number of carbonyl (C=O) groups excluding carboxylic acids is 3. The van der Waals surface area contributed by atoms with Crippen LogP contribution in [0.2, 0.25) is 5.02 Å². The largest absolute Gasteiger partial charge is 0.272 e. The van der Waals surface area contributed by atoms with Crippen LogP contribution in [-0.2, 0) is 9.59 Å². The van der Waals surface area contributed by atoms with E-state index in [0.717, 1.165) is 17.9 Å². The van der Waals surface area contributed by atoms with Gasteiger partial charge in [0, 0.05) is 10.6 Å². The third-order valence-corrected chi connectivity index (χ3v) is 6.42. The summed E-state index contributed by atoms with van der Waals surface area (Å²) in [5.74, 6) is -1.32. The third-order valence-electron chi connectivity index (χ3n) is 6.17. The topological polar surface area (TPSA) is 66.5 Å². The van der Waals surface area contributed by atoms with Crippen LogP contribution >= 0.6 is 11.6 Å². The van der Waals surface area contributed by atoms with E-state index >= 15 is 0 Å². The van der Waals surface area contributed by atoms with E-state index in [1.807, 2.05) is 0 Å². The lowest BCUT2D eigenvalue weighted by atomic mass is 9.85. The second-order valence-corrected chi connectivity index (χ2v) is 7.62. The van der Waals surface area contributed by atoms with Gasteiger partial charge in [-0.25, -0.2) is 0 Å². The Morgan fingerprint density at radius 1 is 1.04 bits per heavy atom. The van der Waals surface area contributed by atoms with Crippen molar-refractivity contribution >= 4 is 29.3 Å². The Bertz CT molecular complexity index is 778. The van der Waals surface area contributed by atoms with E-state index in [9.17, 15) is 14.4 Å². The molecule has 3 amide bonds. The van der Waals surface area contributed by atoms with E-state index in [2.05, 4.69) is 17.6 Å². The maximum atomic E-state index is 12.8. The van der Waals surface area contributed by atoms with Crippen LogP contribution in [0.3, 0.4) is 0 Å². The Morgan fingerprint density at radius 3 is 2.08 bits per heavy atom. The fraction of sp³-hybridized carbons (Fsp3) is 0.389. The van der Waals surface area contributed by atoms with E-state index in [-0.39, 0.29) is 40.9 Å². The lowest BCUT2D eigenvalue weighted by Gasteiger charge is -2.22. The normalized spacial score (nSPS) is 34.1. The fourth-order valence-corrected chi connectivity index (χ4v) is 5.08. The second kappa shape index (κ2) is 4.48. The number of hydrogen-bond donors (Lipinski definition) is 1. The average Bonchev–Trinajstić information content (AvgIpc) is 3.18. The monoisotopic (exact) mass is 342 g/mol. The van der Waals surface area contributed by atoms with E-state index in [1.165, 1.54) is 0 Å². The van der Waals surface area contributed by atoms with Crippen LogP contribution in [0.5, 0.6) is 0 Å². The molecule has 122 valence electrons. The summed E-state index contributed by atoms with van der Waals surface area (Å²) in [5.41, 5.74) is 3.00. The van der Waals surface area contributed by atoms with Gasteiger partial charge in [0.15, 0.2) is 0 Å². The number of nitrogens with one attached hydrogen (secondary N) is 1. The number of allylic oxidation sites excluding steroid dienone is 2. The molecule has 1 aliphatic heterocycles. The molecule has 24 heavy (non-hydrogen) atoms. The van der Waals surface area contributed by atoms with Crippen molar-refractivity contribution in [3.8, 4) is 0 Å². The molecule has 4 atom stereocenters. The van der Waals surface area contributed by atoms with Gasteiger partial charge >= 0.3 is 0 Å². The first-order valence-electron chi connectivity index (χ1n) is 8.16. The highest BCUT2D eigenvalue weighted by Gasteiger charge is 2.73. The zero-order chi connectivity index (χ0) is 16.6. The van der Waals surface area contributed by atoms with E-state index in [4.69, 9.17) is 11.6 Å². The quantitative estimate of drug-likeness (QED) is 0.661.